The predicted molar refractivity (Wildman–Crippen MR) is 97.5 cm³/mol. The first-order chi connectivity index (χ1) is 11.8. The second-order valence-corrected chi connectivity index (χ2v) is 6.97. The monoisotopic (exact) mass is 330 g/mol. The average Bonchev–Trinajstić information content (AvgIpc) is 2.67. The van der Waals surface area contributed by atoms with E-state index >= 15 is 0 Å². The number of amides is 1. The SMILES string of the molecule is CCNCC1CCN(C(=O)c2cccnc2N2CCCCC2)CC1. The molecule has 2 aliphatic rings. The van der Waals surface area contributed by atoms with Crippen LogP contribution < -0.4 is 10.2 Å². The van der Waals surface area contributed by atoms with Crippen molar-refractivity contribution in [1.82, 2.24) is 15.2 Å². The molecule has 1 amide bonds. The number of likely N-dealkylation sites (tertiary alicyclic amines) is 1. The van der Waals surface area contributed by atoms with Crippen LogP contribution in [0.2, 0.25) is 0 Å². The van der Waals surface area contributed by atoms with Gasteiger partial charge in [0.1, 0.15) is 5.82 Å². The molecule has 2 saturated heterocycles. The number of pyridine rings is 1. The van der Waals surface area contributed by atoms with Gasteiger partial charge in [-0.15, -0.1) is 0 Å². The Labute approximate surface area is 145 Å². The summed E-state index contributed by atoms with van der Waals surface area (Å²) < 4.78 is 0. The van der Waals surface area contributed by atoms with Gasteiger partial charge in [-0.05, 0) is 63.2 Å². The summed E-state index contributed by atoms with van der Waals surface area (Å²) >= 11 is 0. The molecule has 2 aliphatic heterocycles. The molecule has 0 aromatic carbocycles. The lowest BCUT2D eigenvalue weighted by Gasteiger charge is -2.34. The molecule has 24 heavy (non-hydrogen) atoms. The maximum absolute atomic E-state index is 13.0. The number of rotatable bonds is 5. The highest BCUT2D eigenvalue weighted by atomic mass is 16.2. The lowest BCUT2D eigenvalue weighted by molar-refractivity contribution is 0.0690. The molecule has 1 N–H and O–H groups in total. The summed E-state index contributed by atoms with van der Waals surface area (Å²) in [6.07, 6.45) is 7.67. The van der Waals surface area contributed by atoms with Gasteiger partial charge in [-0.25, -0.2) is 4.98 Å². The van der Waals surface area contributed by atoms with Crippen LogP contribution in [0.1, 0.15) is 49.4 Å². The van der Waals surface area contributed by atoms with Crippen molar-refractivity contribution >= 4 is 11.7 Å². The molecule has 1 aromatic rings. The third-order valence-corrected chi connectivity index (χ3v) is 5.26. The van der Waals surface area contributed by atoms with Gasteiger partial charge in [0.2, 0.25) is 0 Å². The number of carbonyl (C=O) groups is 1. The third-order valence-electron chi connectivity index (χ3n) is 5.26. The minimum Gasteiger partial charge on any atom is -0.356 e. The minimum atomic E-state index is 0.158. The second kappa shape index (κ2) is 8.47. The molecule has 3 heterocycles. The Morgan fingerprint density at radius 3 is 2.67 bits per heavy atom. The lowest BCUT2D eigenvalue weighted by Crippen LogP contribution is -2.41. The van der Waals surface area contributed by atoms with Crippen molar-refractivity contribution in [1.29, 1.82) is 0 Å². The van der Waals surface area contributed by atoms with Crippen molar-refractivity contribution in [3.05, 3.63) is 23.9 Å². The molecule has 0 bridgehead atoms. The standard InChI is InChI=1S/C19H30N4O/c1-2-20-15-16-8-13-23(14-9-16)19(24)17-7-6-10-21-18(17)22-11-4-3-5-12-22/h6-7,10,16,20H,2-5,8-9,11-15H2,1H3. The van der Waals surface area contributed by atoms with E-state index in [1.807, 2.05) is 23.2 Å². The zero-order valence-electron chi connectivity index (χ0n) is 14.8. The number of nitrogens with zero attached hydrogens (tertiary/aromatic N) is 3. The lowest BCUT2D eigenvalue weighted by atomic mass is 9.96. The Balaban J connectivity index is 1.65. The van der Waals surface area contributed by atoms with Gasteiger partial charge >= 0.3 is 0 Å². The smallest absolute Gasteiger partial charge is 0.257 e. The molecule has 3 rings (SSSR count). The molecule has 0 atom stereocenters. The van der Waals surface area contributed by atoms with E-state index in [1.54, 1.807) is 0 Å². The quantitative estimate of drug-likeness (QED) is 0.901. The van der Waals surface area contributed by atoms with Crippen molar-refractivity contribution in [2.24, 2.45) is 5.92 Å². The highest BCUT2D eigenvalue weighted by Crippen LogP contribution is 2.25. The number of aromatic nitrogens is 1. The van der Waals surface area contributed by atoms with Crippen molar-refractivity contribution in [2.45, 2.75) is 39.0 Å². The van der Waals surface area contributed by atoms with Crippen LogP contribution in [-0.2, 0) is 0 Å². The van der Waals surface area contributed by atoms with Gasteiger partial charge in [-0.2, -0.15) is 0 Å². The van der Waals surface area contributed by atoms with Crippen molar-refractivity contribution < 1.29 is 4.79 Å². The van der Waals surface area contributed by atoms with Crippen LogP contribution in [-0.4, -0.2) is 55.1 Å². The van der Waals surface area contributed by atoms with Gasteiger partial charge in [0.15, 0.2) is 0 Å². The predicted octanol–water partition coefficient (Wildman–Crippen LogP) is 2.53. The second-order valence-electron chi connectivity index (χ2n) is 6.97. The van der Waals surface area contributed by atoms with E-state index in [1.165, 1.54) is 19.3 Å². The summed E-state index contributed by atoms with van der Waals surface area (Å²) in [5, 5.41) is 3.43. The molecule has 5 heteroatoms. The number of piperidine rings is 2. The van der Waals surface area contributed by atoms with Gasteiger partial charge in [-0.1, -0.05) is 6.92 Å². The fourth-order valence-electron chi connectivity index (χ4n) is 3.78. The van der Waals surface area contributed by atoms with E-state index in [2.05, 4.69) is 22.1 Å². The molecule has 5 nitrogen and oxygen atoms in total. The molecule has 0 saturated carbocycles. The van der Waals surface area contributed by atoms with Crippen molar-refractivity contribution in [3.8, 4) is 0 Å². The van der Waals surface area contributed by atoms with Gasteiger partial charge in [-0.3, -0.25) is 4.79 Å². The largest absolute Gasteiger partial charge is 0.356 e. The highest BCUT2D eigenvalue weighted by molar-refractivity contribution is 5.99. The first-order valence-electron chi connectivity index (χ1n) is 9.49. The Hall–Kier alpha value is -1.62. The van der Waals surface area contributed by atoms with Crippen LogP contribution in [0, 0.1) is 5.92 Å². The summed E-state index contributed by atoms with van der Waals surface area (Å²) in [5.74, 6) is 1.74. The number of carbonyl (C=O) groups excluding carboxylic acids is 1. The number of nitrogens with one attached hydrogen (secondary N) is 1. The topological polar surface area (TPSA) is 48.5 Å². The van der Waals surface area contributed by atoms with Crippen LogP contribution in [0.5, 0.6) is 0 Å². The number of hydrogen-bond acceptors (Lipinski definition) is 4. The zero-order chi connectivity index (χ0) is 16.8. The van der Waals surface area contributed by atoms with Crippen LogP contribution >= 0.6 is 0 Å². The summed E-state index contributed by atoms with van der Waals surface area (Å²) in [4.78, 5) is 21.9. The van der Waals surface area contributed by atoms with E-state index in [0.717, 1.165) is 63.5 Å². The summed E-state index contributed by atoms with van der Waals surface area (Å²) in [5.41, 5.74) is 0.782. The van der Waals surface area contributed by atoms with Gasteiger partial charge in [0, 0.05) is 32.4 Å². The maximum atomic E-state index is 13.0. The van der Waals surface area contributed by atoms with Crippen LogP contribution in [0.15, 0.2) is 18.3 Å². The Morgan fingerprint density at radius 2 is 1.96 bits per heavy atom. The fraction of sp³-hybridized carbons (Fsp3) is 0.684. The fourth-order valence-corrected chi connectivity index (χ4v) is 3.78. The molecule has 0 aliphatic carbocycles. The minimum absolute atomic E-state index is 0.158. The molecule has 0 unspecified atom stereocenters. The highest BCUT2D eigenvalue weighted by Gasteiger charge is 2.27. The van der Waals surface area contributed by atoms with Crippen molar-refractivity contribution in [3.63, 3.8) is 0 Å². The van der Waals surface area contributed by atoms with Gasteiger partial charge in [0.05, 0.1) is 5.56 Å². The van der Waals surface area contributed by atoms with Crippen LogP contribution in [0.3, 0.4) is 0 Å². The van der Waals surface area contributed by atoms with E-state index in [-0.39, 0.29) is 5.91 Å². The first-order valence-corrected chi connectivity index (χ1v) is 9.49. The Bertz CT molecular complexity index is 534. The maximum Gasteiger partial charge on any atom is 0.257 e. The van der Waals surface area contributed by atoms with E-state index in [4.69, 9.17) is 0 Å². The molecule has 0 spiro atoms. The number of anilines is 1. The molecule has 132 valence electrons. The van der Waals surface area contributed by atoms with Gasteiger partial charge < -0.3 is 15.1 Å². The average molecular weight is 330 g/mol. The zero-order valence-corrected chi connectivity index (χ0v) is 14.8. The first kappa shape index (κ1) is 17.2. The Kier molecular flexibility index (Phi) is 6.07. The molecule has 1 aromatic heterocycles. The third kappa shape index (κ3) is 4.07. The summed E-state index contributed by atoms with van der Waals surface area (Å²) in [6.45, 7) is 8.00. The van der Waals surface area contributed by atoms with Crippen molar-refractivity contribution in [2.75, 3.05) is 44.2 Å². The number of hydrogen-bond donors (Lipinski definition) is 1. The van der Waals surface area contributed by atoms with Crippen LogP contribution in [0.4, 0.5) is 5.82 Å². The van der Waals surface area contributed by atoms with Crippen LogP contribution in [0.25, 0.3) is 0 Å². The van der Waals surface area contributed by atoms with E-state index in [0.29, 0.717) is 5.92 Å². The molecular weight excluding hydrogens is 300 g/mol. The summed E-state index contributed by atoms with van der Waals surface area (Å²) in [7, 11) is 0. The molecular formula is C19H30N4O. The van der Waals surface area contributed by atoms with E-state index < -0.39 is 0 Å². The molecule has 0 radical (unpaired) electrons. The normalized spacial score (nSPS) is 19.5. The van der Waals surface area contributed by atoms with E-state index in [9.17, 15) is 4.79 Å². The van der Waals surface area contributed by atoms with Gasteiger partial charge in [0.25, 0.3) is 5.91 Å². The molecule has 2 fully saturated rings. The summed E-state index contributed by atoms with van der Waals surface area (Å²) in [6, 6.07) is 3.84. The Morgan fingerprint density at radius 1 is 1.21 bits per heavy atom.